The quantitative estimate of drug-likeness (QED) is 0.629. The second-order valence-electron chi connectivity index (χ2n) is 4.68. The fourth-order valence-corrected chi connectivity index (χ4v) is 1.84. The summed E-state index contributed by atoms with van der Waals surface area (Å²) in [7, 11) is 1.62. The van der Waals surface area contributed by atoms with Crippen LogP contribution in [0.2, 0.25) is 0 Å². The van der Waals surface area contributed by atoms with Crippen molar-refractivity contribution in [2.24, 2.45) is 5.92 Å². The first-order chi connectivity index (χ1) is 9.10. The van der Waals surface area contributed by atoms with Gasteiger partial charge >= 0.3 is 0 Å². The van der Waals surface area contributed by atoms with E-state index in [1.54, 1.807) is 7.11 Å². The van der Waals surface area contributed by atoms with E-state index < -0.39 is 6.10 Å². The smallest absolute Gasteiger partial charge is 0.119 e. The molecule has 0 aliphatic rings. The molecular formula is C15H23NO3. The molecule has 19 heavy (non-hydrogen) atoms. The van der Waals surface area contributed by atoms with Crippen molar-refractivity contribution in [2.45, 2.75) is 25.5 Å². The van der Waals surface area contributed by atoms with Gasteiger partial charge in [0.1, 0.15) is 5.75 Å². The standard InChI is InChI=1S/C15H23NO3/c1-4-11(2)9-14(15(18)10-17)16-12-5-7-13(19-3)8-6-12/h4-8,11,14-18H,1,9-10H2,2-3H3. The summed E-state index contributed by atoms with van der Waals surface area (Å²) in [5.41, 5.74) is 0.884. The summed E-state index contributed by atoms with van der Waals surface area (Å²) >= 11 is 0. The Hall–Kier alpha value is -1.52. The highest BCUT2D eigenvalue weighted by atomic mass is 16.5. The number of ether oxygens (including phenoxy) is 1. The third-order valence-electron chi connectivity index (χ3n) is 3.12. The second kappa shape index (κ2) is 7.81. The molecule has 106 valence electrons. The van der Waals surface area contributed by atoms with Crippen molar-refractivity contribution < 1.29 is 14.9 Å². The average molecular weight is 265 g/mol. The average Bonchev–Trinajstić information content (AvgIpc) is 2.46. The van der Waals surface area contributed by atoms with E-state index >= 15 is 0 Å². The fourth-order valence-electron chi connectivity index (χ4n) is 1.84. The number of aliphatic hydroxyl groups is 2. The maximum Gasteiger partial charge on any atom is 0.119 e. The van der Waals surface area contributed by atoms with Gasteiger partial charge in [-0.1, -0.05) is 13.0 Å². The predicted molar refractivity (Wildman–Crippen MR) is 77.5 cm³/mol. The number of nitrogens with one attached hydrogen (secondary N) is 1. The highest BCUT2D eigenvalue weighted by molar-refractivity contribution is 5.47. The van der Waals surface area contributed by atoms with Crippen LogP contribution in [0.3, 0.4) is 0 Å². The fraction of sp³-hybridized carbons (Fsp3) is 0.467. The molecule has 4 nitrogen and oxygen atoms in total. The van der Waals surface area contributed by atoms with Gasteiger partial charge in [0.15, 0.2) is 0 Å². The Labute approximate surface area is 114 Å². The highest BCUT2D eigenvalue weighted by Gasteiger charge is 2.20. The zero-order valence-corrected chi connectivity index (χ0v) is 11.5. The molecule has 0 saturated carbocycles. The molecule has 1 aromatic carbocycles. The number of allylic oxidation sites excluding steroid dienone is 1. The monoisotopic (exact) mass is 265 g/mol. The van der Waals surface area contributed by atoms with Crippen molar-refractivity contribution >= 4 is 5.69 Å². The maximum absolute atomic E-state index is 9.85. The highest BCUT2D eigenvalue weighted by Crippen LogP contribution is 2.19. The van der Waals surface area contributed by atoms with E-state index in [9.17, 15) is 5.11 Å². The van der Waals surface area contributed by atoms with Crippen LogP contribution in [0.5, 0.6) is 5.75 Å². The number of rotatable bonds is 8. The number of benzene rings is 1. The Bertz CT molecular complexity index is 377. The van der Waals surface area contributed by atoms with Gasteiger partial charge in [0, 0.05) is 5.69 Å². The topological polar surface area (TPSA) is 61.7 Å². The zero-order valence-electron chi connectivity index (χ0n) is 11.5. The lowest BCUT2D eigenvalue weighted by Gasteiger charge is -2.25. The molecule has 3 unspecified atom stereocenters. The van der Waals surface area contributed by atoms with Crippen LogP contribution in [0.15, 0.2) is 36.9 Å². The second-order valence-corrected chi connectivity index (χ2v) is 4.68. The molecule has 0 amide bonds. The Morgan fingerprint density at radius 3 is 2.47 bits per heavy atom. The van der Waals surface area contributed by atoms with Gasteiger partial charge in [-0.2, -0.15) is 0 Å². The van der Waals surface area contributed by atoms with Gasteiger partial charge in [-0.25, -0.2) is 0 Å². The number of methoxy groups -OCH3 is 1. The van der Waals surface area contributed by atoms with Crippen LogP contribution in [-0.2, 0) is 0 Å². The molecule has 0 fully saturated rings. The van der Waals surface area contributed by atoms with Crippen molar-refractivity contribution in [3.63, 3.8) is 0 Å². The van der Waals surface area contributed by atoms with E-state index in [4.69, 9.17) is 9.84 Å². The first-order valence-electron chi connectivity index (χ1n) is 6.42. The van der Waals surface area contributed by atoms with Crippen LogP contribution in [0, 0.1) is 5.92 Å². The number of hydrogen-bond donors (Lipinski definition) is 3. The Morgan fingerprint density at radius 2 is 2.00 bits per heavy atom. The SMILES string of the molecule is C=CC(C)CC(Nc1ccc(OC)cc1)C(O)CO. The summed E-state index contributed by atoms with van der Waals surface area (Å²) in [4.78, 5) is 0. The molecule has 1 aromatic rings. The lowest BCUT2D eigenvalue weighted by Crippen LogP contribution is -2.37. The van der Waals surface area contributed by atoms with Gasteiger partial charge in [0.05, 0.1) is 25.9 Å². The minimum Gasteiger partial charge on any atom is -0.497 e. The molecule has 3 N–H and O–H groups in total. The molecule has 0 radical (unpaired) electrons. The molecule has 0 aromatic heterocycles. The summed E-state index contributed by atoms with van der Waals surface area (Å²) in [6, 6.07) is 7.25. The van der Waals surface area contributed by atoms with Crippen molar-refractivity contribution in [1.29, 1.82) is 0 Å². The van der Waals surface area contributed by atoms with Gasteiger partial charge in [0.2, 0.25) is 0 Å². The third-order valence-corrected chi connectivity index (χ3v) is 3.12. The first kappa shape index (κ1) is 15.5. The van der Waals surface area contributed by atoms with Crippen molar-refractivity contribution in [2.75, 3.05) is 19.0 Å². The summed E-state index contributed by atoms with van der Waals surface area (Å²) in [5.74, 6) is 1.04. The van der Waals surface area contributed by atoms with Gasteiger partial charge in [-0.3, -0.25) is 0 Å². The molecule has 0 aliphatic carbocycles. The van der Waals surface area contributed by atoms with Crippen LogP contribution in [0.1, 0.15) is 13.3 Å². The van der Waals surface area contributed by atoms with Crippen molar-refractivity contribution in [3.8, 4) is 5.75 Å². The summed E-state index contributed by atoms with van der Waals surface area (Å²) < 4.78 is 5.09. The zero-order chi connectivity index (χ0) is 14.3. The minimum absolute atomic E-state index is 0.216. The van der Waals surface area contributed by atoms with Gasteiger partial charge < -0.3 is 20.3 Å². The van der Waals surface area contributed by atoms with Crippen LogP contribution in [0.4, 0.5) is 5.69 Å². The number of aliphatic hydroxyl groups excluding tert-OH is 2. The Kier molecular flexibility index (Phi) is 6.39. The number of hydrogen-bond acceptors (Lipinski definition) is 4. The molecule has 4 heteroatoms. The molecule has 0 saturated heterocycles. The molecule has 0 spiro atoms. The predicted octanol–water partition coefficient (Wildman–Crippen LogP) is 2.04. The molecule has 3 atom stereocenters. The lowest BCUT2D eigenvalue weighted by molar-refractivity contribution is 0.0750. The van der Waals surface area contributed by atoms with E-state index in [1.165, 1.54) is 0 Å². The van der Waals surface area contributed by atoms with Crippen LogP contribution in [-0.4, -0.2) is 36.1 Å². The number of anilines is 1. The van der Waals surface area contributed by atoms with E-state index in [1.807, 2.05) is 37.3 Å². The van der Waals surface area contributed by atoms with E-state index in [0.717, 1.165) is 11.4 Å². The molecule has 0 heterocycles. The normalized spacial score (nSPS) is 15.4. The van der Waals surface area contributed by atoms with Crippen molar-refractivity contribution in [1.82, 2.24) is 0 Å². The summed E-state index contributed by atoms with van der Waals surface area (Å²) in [6.45, 7) is 5.50. The van der Waals surface area contributed by atoms with Crippen LogP contribution >= 0.6 is 0 Å². The molecular weight excluding hydrogens is 242 g/mol. The minimum atomic E-state index is -0.801. The lowest BCUT2D eigenvalue weighted by atomic mass is 9.97. The van der Waals surface area contributed by atoms with E-state index in [2.05, 4.69) is 11.9 Å². The van der Waals surface area contributed by atoms with Gasteiger partial charge in [-0.05, 0) is 36.6 Å². The Balaban J connectivity index is 2.72. The maximum atomic E-state index is 9.85. The molecule has 1 rings (SSSR count). The van der Waals surface area contributed by atoms with E-state index in [0.29, 0.717) is 6.42 Å². The van der Waals surface area contributed by atoms with E-state index in [-0.39, 0.29) is 18.6 Å². The summed E-state index contributed by atoms with van der Waals surface area (Å²) in [5, 5.41) is 22.2. The third kappa shape index (κ3) is 4.93. The van der Waals surface area contributed by atoms with Crippen LogP contribution < -0.4 is 10.1 Å². The summed E-state index contributed by atoms with van der Waals surface area (Å²) in [6.07, 6.45) is 1.74. The molecule has 0 aliphatic heterocycles. The van der Waals surface area contributed by atoms with Crippen molar-refractivity contribution in [3.05, 3.63) is 36.9 Å². The largest absolute Gasteiger partial charge is 0.497 e. The Morgan fingerprint density at radius 1 is 1.37 bits per heavy atom. The first-order valence-corrected chi connectivity index (χ1v) is 6.42. The van der Waals surface area contributed by atoms with Crippen LogP contribution in [0.25, 0.3) is 0 Å². The molecule has 0 bridgehead atoms. The van der Waals surface area contributed by atoms with Gasteiger partial charge in [0.25, 0.3) is 0 Å². The van der Waals surface area contributed by atoms with Gasteiger partial charge in [-0.15, -0.1) is 6.58 Å².